The average Bonchev–Trinajstić information content (AvgIpc) is 2.66. The van der Waals surface area contributed by atoms with Crippen molar-refractivity contribution < 1.29 is 0 Å². The van der Waals surface area contributed by atoms with E-state index < -0.39 is 0 Å². The monoisotopic (exact) mass is 205 g/mol. The first kappa shape index (κ1) is 13.9. The minimum Gasteiger partial charge on any atom is -0.258 e. The van der Waals surface area contributed by atoms with Gasteiger partial charge in [-0.1, -0.05) is 51.5 Å². The second-order valence-electron chi connectivity index (χ2n) is 3.09. The molecule has 1 heteroatoms. The van der Waals surface area contributed by atoms with Crippen molar-refractivity contribution in [3.8, 4) is 0 Å². The molecule has 2 rings (SSSR count). The van der Waals surface area contributed by atoms with E-state index in [1.165, 1.54) is 11.3 Å². The number of aliphatic imine (C=N–C) groups is 1. The predicted molar refractivity (Wildman–Crippen MR) is 70.3 cm³/mol. The molecule has 0 saturated heterocycles. The largest absolute Gasteiger partial charge is 0.258 e. The van der Waals surface area contributed by atoms with Crippen molar-refractivity contribution in [1.82, 2.24) is 0 Å². The van der Waals surface area contributed by atoms with Gasteiger partial charge in [0.05, 0.1) is 5.71 Å². The van der Waals surface area contributed by atoms with Gasteiger partial charge in [0.25, 0.3) is 0 Å². The maximum atomic E-state index is 4.41. The molecule has 1 aliphatic heterocycles. The highest BCUT2D eigenvalue weighted by atomic mass is 14.8. The SMILES string of the molecule is CC.CC.CC1=CC2C(C)=CC=CC2=N1. The second-order valence-corrected chi connectivity index (χ2v) is 3.09. The zero-order valence-electron chi connectivity index (χ0n) is 10.8. The van der Waals surface area contributed by atoms with Crippen LogP contribution in [-0.4, -0.2) is 5.71 Å². The summed E-state index contributed by atoms with van der Waals surface area (Å²) in [4.78, 5) is 4.41. The zero-order valence-corrected chi connectivity index (χ0v) is 10.8. The molecule has 1 aliphatic carbocycles. The number of rotatable bonds is 0. The number of hydrogen-bond donors (Lipinski definition) is 0. The third-order valence-corrected chi connectivity index (χ3v) is 2.15. The molecule has 1 atom stereocenters. The van der Waals surface area contributed by atoms with Gasteiger partial charge in [-0.15, -0.1) is 0 Å². The first-order valence-electron chi connectivity index (χ1n) is 5.89. The lowest BCUT2D eigenvalue weighted by Gasteiger charge is -2.11. The molecule has 1 unspecified atom stereocenters. The fourth-order valence-corrected chi connectivity index (χ4v) is 1.54. The van der Waals surface area contributed by atoms with Gasteiger partial charge in [0.15, 0.2) is 0 Å². The van der Waals surface area contributed by atoms with Gasteiger partial charge in [-0.2, -0.15) is 0 Å². The normalized spacial score (nSPS) is 20.9. The van der Waals surface area contributed by atoms with Crippen LogP contribution in [0.4, 0.5) is 0 Å². The molecule has 15 heavy (non-hydrogen) atoms. The van der Waals surface area contributed by atoms with Gasteiger partial charge >= 0.3 is 0 Å². The quantitative estimate of drug-likeness (QED) is 0.551. The van der Waals surface area contributed by atoms with Crippen LogP contribution in [0.1, 0.15) is 41.5 Å². The van der Waals surface area contributed by atoms with E-state index in [0.29, 0.717) is 5.92 Å². The molecule has 0 aromatic heterocycles. The van der Waals surface area contributed by atoms with Gasteiger partial charge in [0, 0.05) is 11.6 Å². The lowest BCUT2D eigenvalue weighted by atomic mass is 9.92. The van der Waals surface area contributed by atoms with E-state index in [9.17, 15) is 0 Å². The summed E-state index contributed by atoms with van der Waals surface area (Å²) >= 11 is 0. The molecular formula is C14H23N. The molecule has 0 fully saturated rings. The van der Waals surface area contributed by atoms with Crippen molar-refractivity contribution in [2.24, 2.45) is 10.9 Å². The van der Waals surface area contributed by atoms with E-state index >= 15 is 0 Å². The summed E-state index contributed by atoms with van der Waals surface area (Å²) in [6.07, 6.45) is 8.52. The maximum Gasteiger partial charge on any atom is 0.0516 e. The van der Waals surface area contributed by atoms with Crippen molar-refractivity contribution in [2.75, 3.05) is 0 Å². The summed E-state index contributed by atoms with van der Waals surface area (Å²) in [6.45, 7) is 12.2. The highest BCUT2D eigenvalue weighted by Crippen LogP contribution is 2.26. The Hall–Kier alpha value is -1.11. The van der Waals surface area contributed by atoms with Crippen molar-refractivity contribution in [3.63, 3.8) is 0 Å². The van der Waals surface area contributed by atoms with Crippen LogP contribution in [0.2, 0.25) is 0 Å². The molecule has 0 bridgehead atoms. The van der Waals surface area contributed by atoms with Crippen LogP contribution in [0, 0.1) is 5.92 Å². The molecule has 0 radical (unpaired) electrons. The van der Waals surface area contributed by atoms with Crippen molar-refractivity contribution in [3.05, 3.63) is 35.6 Å². The van der Waals surface area contributed by atoms with E-state index in [0.717, 1.165) is 5.70 Å². The van der Waals surface area contributed by atoms with E-state index in [-0.39, 0.29) is 0 Å². The molecule has 0 amide bonds. The van der Waals surface area contributed by atoms with E-state index in [2.05, 4.69) is 36.2 Å². The Bertz CT molecular complexity index is 303. The maximum absolute atomic E-state index is 4.41. The Morgan fingerprint density at radius 1 is 1.07 bits per heavy atom. The van der Waals surface area contributed by atoms with Crippen LogP contribution in [0.15, 0.2) is 40.6 Å². The Kier molecular flexibility index (Phi) is 6.68. The first-order chi connectivity index (χ1) is 7.27. The number of allylic oxidation sites excluding steroid dienone is 6. The molecule has 84 valence electrons. The zero-order chi connectivity index (χ0) is 11.8. The summed E-state index contributed by atoms with van der Waals surface area (Å²) in [5, 5.41) is 0. The highest BCUT2D eigenvalue weighted by molar-refractivity contribution is 6.03. The van der Waals surface area contributed by atoms with Crippen LogP contribution in [0.25, 0.3) is 0 Å². The van der Waals surface area contributed by atoms with Gasteiger partial charge in [-0.3, -0.25) is 4.99 Å². The van der Waals surface area contributed by atoms with Crippen LogP contribution in [-0.2, 0) is 0 Å². The third-order valence-electron chi connectivity index (χ3n) is 2.15. The minimum atomic E-state index is 0.472. The molecule has 0 N–H and O–H groups in total. The summed E-state index contributed by atoms with van der Waals surface area (Å²) in [5.41, 5.74) is 3.73. The molecule has 2 aliphatic rings. The number of fused-ring (bicyclic) bond motifs is 1. The molecule has 1 heterocycles. The smallest absolute Gasteiger partial charge is 0.0516 e. The Balaban J connectivity index is 0.000000442. The van der Waals surface area contributed by atoms with Crippen LogP contribution in [0.3, 0.4) is 0 Å². The Morgan fingerprint density at radius 2 is 1.67 bits per heavy atom. The predicted octanol–water partition coefficient (Wildman–Crippen LogP) is 4.53. The van der Waals surface area contributed by atoms with Gasteiger partial charge in [-0.05, 0) is 19.9 Å². The second kappa shape index (κ2) is 7.22. The third kappa shape index (κ3) is 3.50. The van der Waals surface area contributed by atoms with Gasteiger partial charge < -0.3 is 0 Å². The first-order valence-corrected chi connectivity index (χ1v) is 5.89. The van der Waals surface area contributed by atoms with Gasteiger partial charge in [0.2, 0.25) is 0 Å². The molecule has 0 aromatic carbocycles. The van der Waals surface area contributed by atoms with E-state index in [1.807, 2.05) is 34.6 Å². The van der Waals surface area contributed by atoms with Crippen LogP contribution < -0.4 is 0 Å². The molecular weight excluding hydrogens is 182 g/mol. The number of nitrogens with zero attached hydrogens (tertiary/aromatic N) is 1. The standard InChI is InChI=1S/C10H11N.2C2H6/c1-7-4-3-5-10-9(7)6-8(2)11-10;2*1-2/h3-6,9H,1-2H3;2*1-2H3. The van der Waals surface area contributed by atoms with E-state index in [4.69, 9.17) is 0 Å². The molecule has 0 saturated carbocycles. The molecule has 0 spiro atoms. The van der Waals surface area contributed by atoms with Crippen LogP contribution in [0.5, 0.6) is 0 Å². The minimum absolute atomic E-state index is 0.472. The van der Waals surface area contributed by atoms with Crippen molar-refractivity contribution in [1.29, 1.82) is 0 Å². The topological polar surface area (TPSA) is 12.4 Å². The summed E-state index contributed by atoms with van der Waals surface area (Å²) in [7, 11) is 0. The molecule has 1 nitrogen and oxygen atoms in total. The average molecular weight is 205 g/mol. The summed E-state index contributed by atoms with van der Waals surface area (Å²) < 4.78 is 0. The van der Waals surface area contributed by atoms with Crippen molar-refractivity contribution in [2.45, 2.75) is 41.5 Å². The lowest BCUT2D eigenvalue weighted by molar-refractivity contribution is 1.03. The van der Waals surface area contributed by atoms with Crippen LogP contribution >= 0.6 is 0 Å². The van der Waals surface area contributed by atoms with Gasteiger partial charge in [-0.25, -0.2) is 0 Å². The highest BCUT2D eigenvalue weighted by Gasteiger charge is 2.19. The number of hydrogen-bond acceptors (Lipinski definition) is 1. The summed E-state index contributed by atoms with van der Waals surface area (Å²) in [5.74, 6) is 0.472. The Labute approximate surface area is 94.3 Å². The summed E-state index contributed by atoms with van der Waals surface area (Å²) in [6, 6.07) is 0. The van der Waals surface area contributed by atoms with Gasteiger partial charge in [0.1, 0.15) is 0 Å². The van der Waals surface area contributed by atoms with Crippen molar-refractivity contribution >= 4 is 5.71 Å². The molecule has 0 aromatic rings. The van der Waals surface area contributed by atoms with E-state index in [1.54, 1.807) is 0 Å². The fourth-order valence-electron chi connectivity index (χ4n) is 1.54. The lowest BCUT2D eigenvalue weighted by Crippen LogP contribution is -2.10. The Morgan fingerprint density at radius 3 is 2.20 bits per heavy atom. The fraction of sp³-hybridized carbons (Fsp3) is 0.500.